The third-order valence-electron chi connectivity index (χ3n) is 5.81. The summed E-state index contributed by atoms with van der Waals surface area (Å²) in [5, 5.41) is 10.7. The number of methoxy groups -OCH3 is 2. The zero-order valence-corrected chi connectivity index (χ0v) is 20.4. The highest BCUT2D eigenvalue weighted by atomic mass is 19.1. The molecule has 1 N–H and O–H groups in total. The van der Waals surface area contributed by atoms with E-state index in [0.717, 1.165) is 0 Å². The number of benzene rings is 1. The molecule has 1 aromatic carbocycles. The number of fused-ring (bicyclic) bond motifs is 2. The minimum absolute atomic E-state index is 0.0849. The summed E-state index contributed by atoms with van der Waals surface area (Å²) >= 11 is 0. The lowest BCUT2D eigenvalue weighted by Crippen LogP contribution is -2.36. The minimum atomic E-state index is -1.52. The topological polar surface area (TPSA) is 92.7 Å². The summed E-state index contributed by atoms with van der Waals surface area (Å²) in [6.07, 6.45) is 1.28. The highest BCUT2D eigenvalue weighted by Crippen LogP contribution is 2.36. The molecule has 2 aliphatic rings. The average molecular weight is 481 g/mol. The van der Waals surface area contributed by atoms with Crippen molar-refractivity contribution in [3.05, 3.63) is 41.2 Å². The number of hydrogen-bond donors (Lipinski definition) is 1. The highest BCUT2D eigenvalue weighted by Gasteiger charge is 2.45. The second-order valence-electron chi connectivity index (χ2n) is 8.88. The van der Waals surface area contributed by atoms with Crippen LogP contribution in [0.15, 0.2) is 30.1 Å². The molecule has 1 aromatic rings. The van der Waals surface area contributed by atoms with Gasteiger partial charge in [0.2, 0.25) is 0 Å². The van der Waals surface area contributed by atoms with Crippen molar-refractivity contribution in [2.75, 3.05) is 21.0 Å². The molecule has 0 spiro atoms. The minimum Gasteiger partial charge on any atom is -0.497 e. The van der Waals surface area contributed by atoms with Crippen molar-refractivity contribution in [1.29, 1.82) is 0 Å². The quantitative estimate of drug-likeness (QED) is 0.511. The van der Waals surface area contributed by atoms with Crippen molar-refractivity contribution in [3.8, 4) is 11.5 Å². The average Bonchev–Trinajstić information content (AvgIpc) is 3.09. The van der Waals surface area contributed by atoms with Crippen molar-refractivity contribution in [2.24, 2.45) is 5.92 Å². The van der Waals surface area contributed by atoms with Crippen molar-refractivity contribution in [1.82, 2.24) is 0 Å². The maximum atomic E-state index is 15.0. The first kappa shape index (κ1) is 26.2. The van der Waals surface area contributed by atoms with Gasteiger partial charge < -0.3 is 33.5 Å². The SMILES string of the molecule is COCOc1cc(OC)cc2c1C(=O)O[C@@H](C)[C@H](C)/C=C(/F)C(O)C1OC(C)(C)O[C@H]1CC=C2. The van der Waals surface area contributed by atoms with Crippen LogP contribution in [0.5, 0.6) is 11.5 Å². The number of esters is 1. The second-order valence-corrected chi connectivity index (χ2v) is 8.88. The van der Waals surface area contributed by atoms with Crippen LogP contribution in [-0.4, -0.2) is 62.3 Å². The van der Waals surface area contributed by atoms with E-state index in [2.05, 4.69) is 0 Å². The van der Waals surface area contributed by atoms with E-state index in [9.17, 15) is 14.3 Å². The normalized spacial score (nSPS) is 30.9. The number of cyclic esters (lactones) is 1. The number of rotatable bonds is 4. The lowest BCUT2D eigenvalue weighted by atomic mass is 9.98. The van der Waals surface area contributed by atoms with Gasteiger partial charge in [-0.1, -0.05) is 19.1 Å². The molecule has 1 fully saturated rings. The Morgan fingerprint density at radius 3 is 2.62 bits per heavy atom. The Bertz CT molecular complexity index is 941. The Morgan fingerprint density at radius 1 is 1.21 bits per heavy atom. The maximum Gasteiger partial charge on any atom is 0.342 e. The summed E-state index contributed by atoms with van der Waals surface area (Å²) in [5.74, 6) is -2.21. The molecule has 0 aliphatic carbocycles. The van der Waals surface area contributed by atoms with E-state index in [0.29, 0.717) is 17.7 Å². The van der Waals surface area contributed by atoms with E-state index in [1.54, 1.807) is 52.0 Å². The number of carbonyl (C=O) groups is 1. The van der Waals surface area contributed by atoms with E-state index in [1.807, 2.05) is 0 Å². The number of hydrogen-bond acceptors (Lipinski definition) is 8. The van der Waals surface area contributed by atoms with Gasteiger partial charge in [-0.25, -0.2) is 9.18 Å². The van der Waals surface area contributed by atoms with Gasteiger partial charge >= 0.3 is 5.97 Å². The van der Waals surface area contributed by atoms with E-state index in [-0.39, 0.29) is 18.1 Å². The number of halogens is 1. The molecule has 0 amide bonds. The molecule has 2 heterocycles. The lowest BCUT2D eigenvalue weighted by Gasteiger charge is -2.24. The second kappa shape index (κ2) is 10.9. The molecule has 0 radical (unpaired) electrons. The molecule has 188 valence electrons. The van der Waals surface area contributed by atoms with Crippen molar-refractivity contribution in [3.63, 3.8) is 0 Å². The van der Waals surface area contributed by atoms with E-state index in [1.165, 1.54) is 20.3 Å². The molecular formula is C25H33FO8. The molecule has 9 heteroatoms. The van der Waals surface area contributed by atoms with Gasteiger partial charge in [-0.2, -0.15) is 0 Å². The number of ether oxygens (including phenoxy) is 6. The van der Waals surface area contributed by atoms with Crippen LogP contribution < -0.4 is 9.47 Å². The van der Waals surface area contributed by atoms with Gasteiger partial charge in [0.15, 0.2) is 12.6 Å². The number of aliphatic hydroxyl groups excluding tert-OH is 1. The lowest BCUT2D eigenvalue weighted by molar-refractivity contribution is -0.153. The van der Waals surface area contributed by atoms with Gasteiger partial charge in [-0.15, -0.1) is 0 Å². The predicted molar refractivity (Wildman–Crippen MR) is 122 cm³/mol. The Hall–Kier alpha value is -2.46. The van der Waals surface area contributed by atoms with Gasteiger partial charge in [0, 0.05) is 19.1 Å². The van der Waals surface area contributed by atoms with Crippen LogP contribution >= 0.6 is 0 Å². The fraction of sp³-hybridized carbons (Fsp3) is 0.560. The fourth-order valence-corrected chi connectivity index (χ4v) is 3.93. The Labute approximate surface area is 199 Å². The van der Waals surface area contributed by atoms with Gasteiger partial charge in [0.1, 0.15) is 41.2 Å². The van der Waals surface area contributed by atoms with Gasteiger partial charge in [-0.3, -0.25) is 0 Å². The number of aliphatic hydroxyl groups is 1. The summed E-state index contributed by atoms with van der Waals surface area (Å²) in [4.78, 5) is 13.2. The van der Waals surface area contributed by atoms with Crippen LogP contribution in [-0.2, 0) is 18.9 Å². The molecular weight excluding hydrogens is 447 g/mol. The third-order valence-corrected chi connectivity index (χ3v) is 5.81. The largest absolute Gasteiger partial charge is 0.497 e. The molecule has 2 unspecified atom stereocenters. The first-order valence-electron chi connectivity index (χ1n) is 11.2. The summed E-state index contributed by atoms with van der Waals surface area (Å²) in [6, 6.07) is 3.27. The van der Waals surface area contributed by atoms with E-state index < -0.39 is 47.9 Å². The Balaban J connectivity index is 2.09. The fourth-order valence-electron chi connectivity index (χ4n) is 3.93. The predicted octanol–water partition coefficient (Wildman–Crippen LogP) is 4.01. The highest BCUT2D eigenvalue weighted by molar-refractivity contribution is 5.97. The molecule has 34 heavy (non-hydrogen) atoms. The van der Waals surface area contributed by atoms with E-state index in [4.69, 9.17) is 28.4 Å². The number of carbonyl (C=O) groups excluding carboxylic acids is 1. The van der Waals surface area contributed by atoms with Gasteiger partial charge in [0.05, 0.1) is 13.2 Å². The summed E-state index contributed by atoms with van der Waals surface area (Å²) in [7, 11) is 2.98. The zero-order chi connectivity index (χ0) is 25.0. The molecule has 5 atom stereocenters. The first-order valence-corrected chi connectivity index (χ1v) is 11.2. The maximum absolute atomic E-state index is 15.0. The van der Waals surface area contributed by atoms with Crippen LogP contribution in [0.3, 0.4) is 0 Å². The molecule has 8 nitrogen and oxygen atoms in total. The van der Waals surface area contributed by atoms with E-state index >= 15 is 0 Å². The van der Waals surface area contributed by atoms with Crippen LogP contribution in [0.2, 0.25) is 0 Å². The molecule has 2 aliphatic heterocycles. The standard InChI is InChI=1S/C25H33FO8/c1-14-10-18(26)22(27)23-19(33-25(3,4)34-23)9-7-8-16-11-17(30-6)12-20(31-13-29-5)21(16)24(28)32-15(14)2/h7-8,10-12,14-15,19,22-23,27H,9,13H2,1-6H3/b8-7?,18-10+/t14-,15+,19+,22?,23?/m1/s1. The smallest absolute Gasteiger partial charge is 0.342 e. The van der Waals surface area contributed by atoms with Crippen LogP contribution in [0, 0.1) is 5.92 Å². The van der Waals surface area contributed by atoms with Crippen LogP contribution in [0.4, 0.5) is 4.39 Å². The molecule has 1 saturated heterocycles. The van der Waals surface area contributed by atoms with Gasteiger partial charge in [0.25, 0.3) is 0 Å². The molecule has 0 saturated carbocycles. The molecule has 0 bridgehead atoms. The molecule has 0 aromatic heterocycles. The third kappa shape index (κ3) is 5.96. The Kier molecular flexibility index (Phi) is 8.35. The van der Waals surface area contributed by atoms with Crippen molar-refractivity contribution in [2.45, 2.75) is 64.3 Å². The summed E-state index contributed by atoms with van der Waals surface area (Å²) < 4.78 is 48.4. The van der Waals surface area contributed by atoms with Crippen LogP contribution in [0.1, 0.15) is 50.0 Å². The van der Waals surface area contributed by atoms with Crippen molar-refractivity contribution < 1.29 is 42.7 Å². The summed E-state index contributed by atoms with van der Waals surface area (Å²) in [6.45, 7) is 6.69. The first-order chi connectivity index (χ1) is 16.1. The monoisotopic (exact) mass is 480 g/mol. The molecule has 3 rings (SSSR count). The Morgan fingerprint density at radius 2 is 1.94 bits per heavy atom. The van der Waals surface area contributed by atoms with Crippen molar-refractivity contribution >= 4 is 12.0 Å². The summed E-state index contributed by atoms with van der Waals surface area (Å²) in [5.41, 5.74) is 0.694. The van der Waals surface area contributed by atoms with Gasteiger partial charge in [-0.05, 0) is 44.9 Å². The zero-order valence-electron chi connectivity index (χ0n) is 20.4. The van der Waals surface area contributed by atoms with Crippen LogP contribution in [0.25, 0.3) is 6.08 Å².